The lowest BCUT2D eigenvalue weighted by molar-refractivity contribution is 0.0460. The van der Waals surface area contributed by atoms with Gasteiger partial charge in [0.1, 0.15) is 10.7 Å². The zero-order chi connectivity index (χ0) is 24.5. The molecular formula is C25H31N5O3S. The third-order valence-corrected chi connectivity index (χ3v) is 7.09. The molecule has 180 valence electrons. The zero-order valence-corrected chi connectivity index (χ0v) is 20.8. The van der Waals surface area contributed by atoms with Crippen LogP contribution in [0.15, 0.2) is 48.1 Å². The minimum absolute atomic E-state index is 0.147. The number of para-hydroxylation sites is 1. The first-order valence-electron chi connectivity index (χ1n) is 11.6. The van der Waals surface area contributed by atoms with Gasteiger partial charge < -0.3 is 14.9 Å². The van der Waals surface area contributed by atoms with Crippen molar-refractivity contribution in [3.8, 4) is 16.3 Å². The van der Waals surface area contributed by atoms with E-state index in [0.717, 1.165) is 22.7 Å². The van der Waals surface area contributed by atoms with Gasteiger partial charge in [-0.2, -0.15) is 5.10 Å². The molecule has 4 rings (SSSR count). The summed E-state index contributed by atoms with van der Waals surface area (Å²) in [7, 11) is 0. The summed E-state index contributed by atoms with van der Waals surface area (Å²) in [5.41, 5.74) is 1.89. The fraction of sp³-hybridized carbons (Fsp3) is 0.440. The molecule has 1 aliphatic heterocycles. The number of hydrogen-bond acceptors (Lipinski definition) is 5. The molecule has 0 saturated carbocycles. The van der Waals surface area contributed by atoms with Crippen molar-refractivity contribution in [3.05, 3.63) is 53.8 Å². The van der Waals surface area contributed by atoms with Crippen molar-refractivity contribution < 1.29 is 14.7 Å². The van der Waals surface area contributed by atoms with Crippen LogP contribution in [-0.2, 0) is 0 Å². The summed E-state index contributed by atoms with van der Waals surface area (Å²) in [6.45, 7) is 9.11. The van der Waals surface area contributed by atoms with Crippen LogP contribution >= 0.6 is 11.3 Å². The molecule has 2 unspecified atom stereocenters. The van der Waals surface area contributed by atoms with Crippen LogP contribution < -0.4 is 0 Å². The normalized spacial score (nSPS) is 18.3. The molecule has 1 N–H and O–H groups in total. The van der Waals surface area contributed by atoms with Crippen LogP contribution in [0, 0.1) is 5.41 Å². The number of hydrogen-bond donors (Lipinski definition) is 1. The maximum atomic E-state index is 13.6. The Balaban J connectivity index is 1.59. The van der Waals surface area contributed by atoms with Gasteiger partial charge in [-0.15, -0.1) is 11.3 Å². The summed E-state index contributed by atoms with van der Waals surface area (Å²) in [6.07, 6.45) is 4.14. The highest BCUT2D eigenvalue weighted by atomic mass is 32.1. The number of nitrogens with zero attached hydrogens (tertiary/aromatic N) is 5. The molecule has 0 spiro atoms. The zero-order valence-electron chi connectivity index (χ0n) is 20.0. The van der Waals surface area contributed by atoms with E-state index in [-0.39, 0.29) is 23.4 Å². The summed E-state index contributed by atoms with van der Waals surface area (Å²) < 4.78 is 1.79. The number of amides is 2. The van der Waals surface area contributed by atoms with Gasteiger partial charge >= 0.3 is 6.09 Å². The average Bonchev–Trinajstić information content (AvgIpc) is 3.56. The SMILES string of the molecule is CCCN(C(=O)c1csc(-c2cnn(-c3ccccc3)c2)n1)C1CCN(C(=O)O)C1C(C)(C)C. The summed E-state index contributed by atoms with van der Waals surface area (Å²) in [6, 6.07) is 9.36. The Bertz CT molecular complexity index is 1150. The van der Waals surface area contributed by atoms with Crippen molar-refractivity contribution in [1.29, 1.82) is 0 Å². The molecule has 1 aromatic carbocycles. The number of rotatable bonds is 6. The third-order valence-electron chi connectivity index (χ3n) is 6.20. The van der Waals surface area contributed by atoms with Crippen LogP contribution in [0.3, 0.4) is 0 Å². The molecule has 0 bridgehead atoms. The van der Waals surface area contributed by atoms with E-state index in [1.54, 1.807) is 16.3 Å². The van der Waals surface area contributed by atoms with Crippen LogP contribution in [0.2, 0.25) is 0 Å². The second-order valence-electron chi connectivity index (χ2n) is 9.69. The topological polar surface area (TPSA) is 91.6 Å². The smallest absolute Gasteiger partial charge is 0.407 e. The van der Waals surface area contributed by atoms with Crippen molar-refractivity contribution in [2.24, 2.45) is 5.41 Å². The molecule has 3 aromatic rings. The van der Waals surface area contributed by atoms with Crippen molar-refractivity contribution in [1.82, 2.24) is 24.6 Å². The Morgan fingerprint density at radius 2 is 1.97 bits per heavy atom. The van der Waals surface area contributed by atoms with Crippen molar-refractivity contribution in [2.75, 3.05) is 13.1 Å². The monoisotopic (exact) mass is 481 g/mol. The van der Waals surface area contributed by atoms with Crippen LogP contribution in [-0.4, -0.2) is 66.8 Å². The Labute approximate surface area is 203 Å². The van der Waals surface area contributed by atoms with Gasteiger partial charge in [-0.25, -0.2) is 14.5 Å². The molecule has 8 nitrogen and oxygen atoms in total. The fourth-order valence-corrected chi connectivity index (χ4v) is 5.60. The van der Waals surface area contributed by atoms with E-state index in [4.69, 9.17) is 0 Å². The summed E-state index contributed by atoms with van der Waals surface area (Å²) >= 11 is 1.41. The molecule has 9 heteroatoms. The van der Waals surface area contributed by atoms with Gasteiger partial charge in [0.2, 0.25) is 0 Å². The van der Waals surface area contributed by atoms with Gasteiger partial charge in [0.15, 0.2) is 0 Å². The van der Waals surface area contributed by atoms with Gasteiger partial charge in [-0.1, -0.05) is 45.9 Å². The molecule has 1 saturated heterocycles. The van der Waals surface area contributed by atoms with Crippen molar-refractivity contribution in [3.63, 3.8) is 0 Å². The van der Waals surface area contributed by atoms with E-state index in [0.29, 0.717) is 25.2 Å². The largest absolute Gasteiger partial charge is 0.465 e. The summed E-state index contributed by atoms with van der Waals surface area (Å²) in [5.74, 6) is -0.147. The number of benzene rings is 1. The number of carbonyl (C=O) groups excluding carboxylic acids is 1. The predicted octanol–water partition coefficient (Wildman–Crippen LogP) is 5.02. The standard InChI is InChI=1S/C25H31N5O3S/c1-5-12-28(20-11-13-29(24(32)33)21(20)25(2,3)4)23(31)19-16-34-22(27-19)17-14-26-30(15-17)18-9-7-6-8-10-18/h6-10,14-16,20-21H,5,11-13H2,1-4H3,(H,32,33). The minimum Gasteiger partial charge on any atom is -0.465 e. The van der Waals surface area contributed by atoms with E-state index in [1.807, 2.05) is 69.1 Å². The van der Waals surface area contributed by atoms with Crippen LogP contribution in [0.5, 0.6) is 0 Å². The second-order valence-corrected chi connectivity index (χ2v) is 10.5. The number of thiazole rings is 1. The van der Waals surface area contributed by atoms with Crippen LogP contribution in [0.4, 0.5) is 4.79 Å². The lowest BCUT2D eigenvalue weighted by Gasteiger charge is -2.41. The number of aromatic nitrogens is 3. The highest BCUT2D eigenvalue weighted by molar-refractivity contribution is 7.13. The van der Waals surface area contributed by atoms with Gasteiger partial charge in [0.25, 0.3) is 5.91 Å². The highest BCUT2D eigenvalue weighted by Gasteiger charge is 2.47. The van der Waals surface area contributed by atoms with Gasteiger partial charge in [0.05, 0.1) is 24.0 Å². The van der Waals surface area contributed by atoms with Crippen molar-refractivity contribution in [2.45, 2.75) is 52.6 Å². The van der Waals surface area contributed by atoms with Gasteiger partial charge in [0, 0.05) is 30.2 Å². The molecule has 1 fully saturated rings. The van der Waals surface area contributed by atoms with E-state index in [1.165, 1.54) is 16.2 Å². The molecule has 2 atom stereocenters. The van der Waals surface area contributed by atoms with Crippen LogP contribution in [0.25, 0.3) is 16.3 Å². The van der Waals surface area contributed by atoms with E-state index >= 15 is 0 Å². The third kappa shape index (κ3) is 4.70. The lowest BCUT2D eigenvalue weighted by Crippen LogP contribution is -2.54. The fourth-order valence-electron chi connectivity index (χ4n) is 4.83. The lowest BCUT2D eigenvalue weighted by atomic mass is 9.82. The molecule has 0 radical (unpaired) electrons. The van der Waals surface area contributed by atoms with Crippen molar-refractivity contribution >= 4 is 23.3 Å². The second kappa shape index (κ2) is 9.58. The Morgan fingerprint density at radius 3 is 2.62 bits per heavy atom. The average molecular weight is 482 g/mol. The molecule has 2 aromatic heterocycles. The number of likely N-dealkylation sites (tertiary alicyclic amines) is 1. The molecule has 34 heavy (non-hydrogen) atoms. The first-order chi connectivity index (χ1) is 16.2. The molecule has 1 aliphatic rings. The number of carboxylic acid groups (broad SMARTS) is 1. The minimum atomic E-state index is -0.933. The molecule has 2 amide bonds. The first kappa shape index (κ1) is 23.9. The van der Waals surface area contributed by atoms with Gasteiger partial charge in [-0.3, -0.25) is 4.79 Å². The molecule has 0 aliphatic carbocycles. The maximum Gasteiger partial charge on any atom is 0.407 e. The Hall–Kier alpha value is -3.20. The highest BCUT2D eigenvalue weighted by Crippen LogP contribution is 2.36. The van der Waals surface area contributed by atoms with E-state index in [2.05, 4.69) is 10.1 Å². The summed E-state index contributed by atoms with van der Waals surface area (Å²) in [4.78, 5) is 33.5. The summed E-state index contributed by atoms with van der Waals surface area (Å²) in [5, 5.41) is 16.7. The van der Waals surface area contributed by atoms with Crippen LogP contribution in [0.1, 0.15) is 51.0 Å². The van der Waals surface area contributed by atoms with Gasteiger partial charge in [-0.05, 0) is 30.4 Å². The quantitative estimate of drug-likeness (QED) is 0.534. The maximum absolute atomic E-state index is 13.6. The van der Waals surface area contributed by atoms with E-state index in [9.17, 15) is 14.7 Å². The Morgan fingerprint density at radius 1 is 1.24 bits per heavy atom. The molecule has 3 heterocycles. The number of carbonyl (C=O) groups is 2. The molecular weight excluding hydrogens is 450 g/mol. The first-order valence-corrected chi connectivity index (χ1v) is 12.4. The Kier molecular flexibility index (Phi) is 6.74. The van der Waals surface area contributed by atoms with E-state index < -0.39 is 6.09 Å². The predicted molar refractivity (Wildman–Crippen MR) is 132 cm³/mol.